The number of fused-ring (bicyclic) bond motifs is 2. The minimum absolute atomic E-state index is 0.124. The van der Waals surface area contributed by atoms with Crippen LogP contribution in [-0.4, -0.2) is 40.4 Å². The number of aromatic amines is 1. The van der Waals surface area contributed by atoms with E-state index in [0.29, 0.717) is 0 Å². The van der Waals surface area contributed by atoms with E-state index in [9.17, 15) is 4.79 Å². The normalized spacial score (nSPS) is 33.0. The molecule has 0 saturated carbocycles. The van der Waals surface area contributed by atoms with E-state index in [0.717, 1.165) is 30.0 Å². The lowest BCUT2D eigenvalue weighted by atomic mass is 9.99. The second-order valence-corrected chi connectivity index (χ2v) is 9.85. The number of thioether (sulfide) groups is 1. The molecule has 0 bridgehead atoms. The molecule has 2 fully saturated rings. The zero-order chi connectivity index (χ0) is 13.0. The van der Waals surface area contributed by atoms with Crippen molar-refractivity contribution in [1.29, 1.82) is 0 Å². The van der Waals surface area contributed by atoms with E-state index in [2.05, 4.69) is 21.8 Å². The summed E-state index contributed by atoms with van der Waals surface area (Å²) in [6.45, 7) is 0.753. The average molecular weight is 293 g/mol. The Morgan fingerprint density at radius 2 is 2.37 bits per heavy atom. The SMILES string of the molecule is CS12CCSC1=C1C(=O)NCCC1=C2c1ccn[nH]1. The summed E-state index contributed by atoms with van der Waals surface area (Å²) >= 11 is 1.88. The molecule has 0 spiro atoms. The minimum atomic E-state index is -0.998. The number of hydrogen-bond donors (Lipinski definition) is 2. The molecule has 4 nitrogen and oxygen atoms in total. The van der Waals surface area contributed by atoms with Gasteiger partial charge < -0.3 is 5.32 Å². The van der Waals surface area contributed by atoms with Crippen molar-refractivity contribution >= 4 is 32.6 Å². The fourth-order valence-electron chi connectivity index (χ4n) is 3.17. The van der Waals surface area contributed by atoms with Crippen molar-refractivity contribution in [2.24, 2.45) is 0 Å². The molecule has 1 aromatic heterocycles. The highest BCUT2D eigenvalue weighted by Gasteiger charge is 2.46. The number of rotatable bonds is 1. The lowest BCUT2D eigenvalue weighted by molar-refractivity contribution is -0.117. The summed E-state index contributed by atoms with van der Waals surface area (Å²) in [4.78, 5) is 13.6. The summed E-state index contributed by atoms with van der Waals surface area (Å²) in [5.74, 6) is 2.43. The van der Waals surface area contributed by atoms with Gasteiger partial charge in [-0.3, -0.25) is 9.89 Å². The number of carbonyl (C=O) groups is 1. The fraction of sp³-hybridized carbons (Fsp3) is 0.385. The Balaban J connectivity index is 1.99. The van der Waals surface area contributed by atoms with Crippen molar-refractivity contribution < 1.29 is 4.79 Å². The van der Waals surface area contributed by atoms with E-state index in [4.69, 9.17) is 0 Å². The van der Waals surface area contributed by atoms with Crippen LogP contribution in [0.3, 0.4) is 0 Å². The van der Waals surface area contributed by atoms with Crippen LogP contribution in [0.2, 0.25) is 0 Å². The van der Waals surface area contributed by atoms with Crippen LogP contribution < -0.4 is 5.32 Å². The van der Waals surface area contributed by atoms with Gasteiger partial charge >= 0.3 is 0 Å². The molecule has 100 valence electrons. The van der Waals surface area contributed by atoms with Gasteiger partial charge in [-0.25, -0.2) is 0 Å². The molecule has 19 heavy (non-hydrogen) atoms. The maximum Gasteiger partial charge on any atom is 0.253 e. The number of aromatic nitrogens is 2. The Kier molecular flexibility index (Phi) is 2.41. The van der Waals surface area contributed by atoms with Crippen LogP contribution in [0.5, 0.6) is 0 Å². The first-order valence-electron chi connectivity index (χ1n) is 6.36. The molecule has 2 N–H and O–H groups in total. The van der Waals surface area contributed by atoms with E-state index in [1.165, 1.54) is 20.5 Å². The molecule has 1 unspecified atom stereocenters. The molecule has 2 saturated heterocycles. The van der Waals surface area contributed by atoms with Crippen LogP contribution in [-0.2, 0) is 4.79 Å². The average Bonchev–Trinajstić information content (AvgIpc) is 3.03. The van der Waals surface area contributed by atoms with Crippen molar-refractivity contribution in [2.45, 2.75) is 6.42 Å². The largest absolute Gasteiger partial charge is 0.352 e. The van der Waals surface area contributed by atoms with E-state index < -0.39 is 10.0 Å². The molecule has 1 amide bonds. The van der Waals surface area contributed by atoms with Gasteiger partial charge in [-0.15, -0.1) is 11.8 Å². The van der Waals surface area contributed by atoms with Crippen molar-refractivity contribution in [3.8, 4) is 0 Å². The van der Waals surface area contributed by atoms with E-state index in [1.807, 2.05) is 17.8 Å². The summed E-state index contributed by atoms with van der Waals surface area (Å²) < 4.78 is 1.35. The van der Waals surface area contributed by atoms with Crippen molar-refractivity contribution in [2.75, 3.05) is 24.3 Å². The minimum Gasteiger partial charge on any atom is -0.352 e. The predicted octanol–water partition coefficient (Wildman–Crippen LogP) is 2.05. The van der Waals surface area contributed by atoms with E-state index in [-0.39, 0.29) is 5.91 Å². The molecule has 4 rings (SSSR count). The Labute approximate surface area is 117 Å². The monoisotopic (exact) mass is 293 g/mol. The second kappa shape index (κ2) is 3.93. The Hall–Kier alpha value is -1.14. The van der Waals surface area contributed by atoms with Gasteiger partial charge in [0.2, 0.25) is 0 Å². The topological polar surface area (TPSA) is 57.8 Å². The van der Waals surface area contributed by atoms with Crippen molar-refractivity contribution in [3.05, 3.63) is 33.3 Å². The van der Waals surface area contributed by atoms with E-state index in [1.54, 1.807) is 6.20 Å². The number of piperidine rings is 1. The smallest absolute Gasteiger partial charge is 0.253 e. The molecule has 4 heterocycles. The van der Waals surface area contributed by atoms with Crippen LogP contribution >= 0.6 is 21.8 Å². The highest BCUT2D eigenvalue weighted by atomic mass is 32.3. The molecule has 3 aliphatic heterocycles. The van der Waals surface area contributed by atoms with Gasteiger partial charge in [-0.2, -0.15) is 15.1 Å². The first kappa shape index (κ1) is 11.7. The van der Waals surface area contributed by atoms with Crippen LogP contribution in [0.15, 0.2) is 27.6 Å². The standard InChI is InChI=1S/C13H15N3OS2/c1-19-7-6-18-13(19)10-8(2-4-14-12(10)17)11(19)9-3-5-15-16-9/h3,5H,2,4,6-7H2,1H3,(H,14,17)(H,15,16). The first-order valence-corrected chi connectivity index (χ1v) is 9.56. The molecular formula is C13H15N3OS2. The first-order chi connectivity index (χ1) is 9.22. The molecule has 0 radical (unpaired) electrons. The number of H-pyrrole nitrogens is 1. The highest BCUT2D eigenvalue weighted by molar-refractivity contribution is 8.51. The third kappa shape index (κ3) is 1.44. The number of nitrogens with one attached hydrogen (secondary N) is 2. The summed E-state index contributed by atoms with van der Waals surface area (Å²) in [7, 11) is -0.998. The lowest BCUT2D eigenvalue weighted by Gasteiger charge is -2.31. The third-order valence-corrected chi connectivity index (χ3v) is 10.00. The van der Waals surface area contributed by atoms with Crippen LogP contribution in [0.25, 0.3) is 4.91 Å². The summed E-state index contributed by atoms with van der Waals surface area (Å²) in [5.41, 5.74) is 3.36. The molecule has 6 heteroatoms. The lowest BCUT2D eigenvalue weighted by Crippen LogP contribution is -2.32. The van der Waals surface area contributed by atoms with Crippen LogP contribution in [0.4, 0.5) is 0 Å². The fourth-order valence-corrected chi connectivity index (χ4v) is 9.76. The van der Waals surface area contributed by atoms with Gasteiger partial charge in [0.15, 0.2) is 0 Å². The van der Waals surface area contributed by atoms with Crippen molar-refractivity contribution in [3.63, 3.8) is 0 Å². The van der Waals surface area contributed by atoms with E-state index >= 15 is 0 Å². The maximum absolute atomic E-state index is 12.2. The zero-order valence-corrected chi connectivity index (χ0v) is 12.3. The molecule has 0 aromatic carbocycles. The molecule has 0 aliphatic carbocycles. The Bertz CT molecular complexity index is 632. The molecule has 1 aromatic rings. The number of hydrogen-bond acceptors (Lipinski definition) is 3. The highest BCUT2D eigenvalue weighted by Crippen LogP contribution is 2.76. The summed E-state index contributed by atoms with van der Waals surface area (Å²) in [6, 6.07) is 2.04. The van der Waals surface area contributed by atoms with Crippen molar-refractivity contribution in [1.82, 2.24) is 15.5 Å². The van der Waals surface area contributed by atoms with Gasteiger partial charge in [-0.05, 0) is 30.1 Å². The molecule has 1 atom stereocenters. The van der Waals surface area contributed by atoms with Crippen LogP contribution in [0.1, 0.15) is 12.1 Å². The predicted molar refractivity (Wildman–Crippen MR) is 81.0 cm³/mol. The molecular weight excluding hydrogens is 278 g/mol. The number of amides is 1. The second-order valence-electron chi connectivity index (χ2n) is 5.09. The maximum atomic E-state index is 12.2. The Morgan fingerprint density at radius 1 is 1.47 bits per heavy atom. The third-order valence-electron chi connectivity index (χ3n) is 4.00. The summed E-state index contributed by atoms with van der Waals surface area (Å²) in [6.07, 6.45) is 5.10. The van der Waals surface area contributed by atoms with Gasteiger partial charge in [-0.1, -0.05) is 0 Å². The number of nitrogens with zero attached hydrogens (tertiary/aromatic N) is 1. The number of carbonyl (C=O) groups excluding carboxylic acids is 1. The summed E-state index contributed by atoms with van der Waals surface area (Å²) in [5, 5.41) is 10.2. The van der Waals surface area contributed by atoms with Gasteiger partial charge in [0.05, 0.1) is 11.3 Å². The quantitative estimate of drug-likeness (QED) is 0.833. The van der Waals surface area contributed by atoms with Crippen LogP contribution in [0, 0.1) is 0 Å². The zero-order valence-electron chi connectivity index (χ0n) is 10.7. The Morgan fingerprint density at radius 3 is 3.16 bits per heavy atom. The van der Waals surface area contributed by atoms with Gasteiger partial charge in [0, 0.05) is 27.6 Å². The van der Waals surface area contributed by atoms with Gasteiger partial charge in [0.1, 0.15) is 0 Å². The molecule has 3 aliphatic rings. The van der Waals surface area contributed by atoms with Gasteiger partial charge in [0.25, 0.3) is 5.91 Å².